The first kappa shape index (κ1) is 18.2. The Morgan fingerprint density at radius 2 is 2.16 bits per heavy atom. The number of allylic oxidation sites excluding steroid dienone is 1. The van der Waals surface area contributed by atoms with Crippen molar-refractivity contribution in [3.63, 3.8) is 0 Å². The van der Waals surface area contributed by atoms with Crippen LogP contribution in [0.15, 0.2) is 52.5 Å². The summed E-state index contributed by atoms with van der Waals surface area (Å²) in [6.45, 7) is 3.24. The highest BCUT2D eigenvalue weighted by molar-refractivity contribution is 7.19. The molecule has 154 valence electrons. The molecule has 6 rings (SSSR count). The summed E-state index contributed by atoms with van der Waals surface area (Å²) in [6.07, 6.45) is 7.69. The SMILES string of the molecule is CC(C1=NCC=C1)c1nc2c(s1)c1cnn(Cc3cccc4[nH]ncc34)c(=O)c1n2C. The molecule has 5 heterocycles. The second kappa shape index (κ2) is 6.71. The summed E-state index contributed by atoms with van der Waals surface area (Å²) < 4.78 is 4.40. The molecule has 0 bridgehead atoms. The van der Waals surface area contributed by atoms with E-state index in [2.05, 4.69) is 39.4 Å². The van der Waals surface area contributed by atoms with Crippen molar-refractivity contribution < 1.29 is 0 Å². The van der Waals surface area contributed by atoms with Gasteiger partial charge in [-0.15, -0.1) is 11.3 Å². The Kier molecular flexibility index (Phi) is 3.94. The summed E-state index contributed by atoms with van der Waals surface area (Å²) in [5.41, 5.74) is 4.31. The molecule has 1 aromatic carbocycles. The Labute approximate surface area is 180 Å². The molecule has 1 unspecified atom stereocenters. The number of aromatic amines is 1. The van der Waals surface area contributed by atoms with E-state index in [1.165, 1.54) is 4.68 Å². The maximum absolute atomic E-state index is 13.3. The van der Waals surface area contributed by atoms with Crippen molar-refractivity contribution in [1.82, 2.24) is 29.5 Å². The molecule has 31 heavy (non-hydrogen) atoms. The van der Waals surface area contributed by atoms with Gasteiger partial charge < -0.3 is 4.57 Å². The molecule has 9 heteroatoms. The lowest BCUT2D eigenvalue weighted by Gasteiger charge is -2.07. The van der Waals surface area contributed by atoms with Gasteiger partial charge in [0.1, 0.15) is 10.5 Å². The van der Waals surface area contributed by atoms with Crippen LogP contribution in [0.3, 0.4) is 0 Å². The number of nitrogens with one attached hydrogen (secondary N) is 1. The fourth-order valence-electron chi connectivity index (χ4n) is 4.22. The molecule has 0 amide bonds. The Balaban J connectivity index is 1.46. The van der Waals surface area contributed by atoms with Gasteiger partial charge >= 0.3 is 0 Å². The minimum absolute atomic E-state index is 0.122. The molecule has 1 atom stereocenters. The van der Waals surface area contributed by atoms with E-state index in [0.29, 0.717) is 12.1 Å². The largest absolute Gasteiger partial charge is 0.323 e. The first-order valence-electron chi connectivity index (χ1n) is 10.1. The highest BCUT2D eigenvalue weighted by Crippen LogP contribution is 2.34. The zero-order valence-electron chi connectivity index (χ0n) is 17.0. The van der Waals surface area contributed by atoms with E-state index in [1.807, 2.05) is 29.8 Å². The topological polar surface area (TPSA) is 93.8 Å². The van der Waals surface area contributed by atoms with Crippen LogP contribution in [-0.2, 0) is 13.6 Å². The van der Waals surface area contributed by atoms with Crippen LogP contribution in [0.1, 0.15) is 23.4 Å². The summed E-state index contributed by atoms with van der Waals surface area (Å²) in [5, 5.41) is 14.4. The normalized spacial score (nSPS) is 14.8. The Morgan fingerprint density at radius 1 is 1.26 bits per heavy atom. The molecule has 1 aliphatic rings. The summed E-state index contributed by atoms with van der Waals surface area (Å²) in [5.74, 6) is 0.134. The van der Waals surface area contributed by atoms with Crippen molar-refractivity contribution in [3.8, 4) is 0 Å². The Bertz CT molecular complexity index is 1600. The van der Waals surface area contributed by atoms with Gasteiger partial charge in [-0.2, -0.15) is 10.2 Å². The summed E-state index contributed by atoms with van der Waals surface area (Å²) in [4.78, 5) is 22.7. The first-order valence-corrected chi connectivity index (χ1v) is 10.9. The van der Waals surface area contributed by atoms with Crippen molar-refractivity contribution in [2.75, 3.05) is 6.54 Å². The zero-order chi connectivity index (χ0) is 21.1. The van der Waals surface area contributed by atoms with Crippen LogP contribution >= 0.6 is 11.3 Å². The average Bonchev–Trinajstić information content (AvgIpc) is 3.56. The average molecular weight is 430 g/mol. The van der Waals surface area contributed by atoms with E-state index in [1.54, 1.807) is 23.7 Å². The molecule has 0 saturated heterocycles. The maximum atomic E-state index is 13.3. The number of nitrogens with zero attached hydrogens (tertiary/aromatic N) is 6. The van der Waals surface area contributed by atoms with Crippen molar-refractivity contribution in [2.24, 2.45) is 12.0 Å². The summed E-state index contributed by atoms with van der Waals surface area (Å²) >= 11 is 1.62. The number of H-pyrrole nitrogens is 1. The molecule has 1 N–H and O–H groups in total. The highest BCUT2D eigenvalue weighted by Gasteiger charge is 2.22. The fraction of sp³-hybridized carbons (Fsp3) is 0.227. The van der Waals surface area contributed by atoms with E-state index in [4.69, 9.17) is 4.98 Å². The minimum Gasteiger partial charge on any atom is -0.323 e. The van der Waals surface area contributed by atoms with Crippen LogP contribution in [0.25, 0.3) is 32.2 Å². The zero-order valence-corrected chi connectivity index (χ0v) is 17.8. The number of rotatable bonds is 4. The fourth-order valence-corrected chi connectivity index (χ4v) is 5.40. The van der Waals surface area contributed by atoms with Crippen molar-refractivity contribution in [1.29, 1.82) is 0 Å². The van der Waals surface area contributed by atoms with E-state index in [9.17, 15) is 4.79 Å². The van der Waals surface area contributed by atoms with Gasteiger partial charge in [-0.25, -0.2) is 9.67 Å². The Hall–Kier alpha value is -3.59. The van der Waals surface area contributed by atoms with Crippen LogP contribution in [0.2, 0.25) is 0 Å². The Morgan fingerprint density at radius 3 is 3.00 bits per heavy atom. The second-order valence-corrected chi connectivity index (χ2v) is 8.80. The molecule has 8 nitrogen and oxygen atoms in total. The third-order valence-electron chi connectivity index (χ3n) is 5.92. The smallest absolute Gasteiger partial charge is 0.291 e. The molecule has 0 radical (unpaired) electrons. The second-order valence-electron chi connectivity index (χ2n) is 7.77. The van der Waals surface area contributed by atoms with E-state index in [-0.39, 0.29) is 11.5 Å². The third kappa shape index (κ3) is 2.70. The van der Waals surface area contributed by atoms with E-state index in [0.717, 1.165) is 49.5 Å². The summed E-state index contributed by atoms with van der Waals surface area (Å²) in [7, 11) is 1.90. The quantitative estimate of drug-likeness (QED) is 0.474. The number of hydrogen-bond donors (Lipinski definition) is 1. The van der Waals surface area contributed by atoms with E-state index < -0.39 is 0 Å². The lowest BCUT2D eigenvalue weighted by atomic mass is 10.1. The van der Waals surface area contributed by atoms with Gasteiger partial charge in [-0.3, -0.25) is 14.9 Å². The van der Waals surface area contributed by atoms with Crippen molar-refractivity contribution >= 4 is 49.2 Å². The lowest BCUT2D eigenvalue weighted by molar-refractivity contribution is 0.647. The van der Waals surface area contributed by atoms with Crippen LogP contribution in [0.4, 0.5) is 0 Å². The number of thiazole rings is 1. The molecule has 0 aliphatic carbocycles. The predicted octanol–water partition coefficient (Wildman–Crippen LogP) is 3.38. The molecular weight excluding hydrogens is 410 g/mol. The van der Waals surface area contributed by atoms with Crippen LogP contribution in [0.5, 0.6) is 0 Å². The van der Waals surface area contributed by atoms with Crippen LogP contribution < -0.4 is 5.56 Å². The van der Waals surface area contributed by atoms with Gasteiger partial charge in [-0.1, -0.05) is 25.1 Å². The monoisotopic (exact) mass is 429 g/mol. The summed E-state index contributed by atoms with van der Waals surface area (Å²) in [6, 6.07) is 5.91. The van der Waals surface area contributed by atoms with E-state index >= 15 is 0 Å². The molecule has 0 saturated carbocycles. The molecule has 0 spiro atoms. The number of fused-ring (bicyclic) bond motifs is 4. The molecule has 0 fully saturated rings. The van der Waals surface area contributed by atoms with Gasteiger partial charge in [0.15, 0.2) is 5.65 Å². The molecular formula is C22H19N7OS. The number of aliphatic imine (C=N–C) groups is 1. The van der Waals surface area contributed by atoms with Gasteiger partial charge in [0.05, 0.1) is 41.6 Å². The molecule has 4 aromatic heterocycles. The molecule has 5 aromatic rings. The van der Waals surface area contributed by atoms with Crippen LogP contribution in [0, 0.1) is 0 Å². The van der Waals surface area contributed by atoms with Gasteiger partial charge in [-0.05, 0) is 17.7 Å². The van der Waals surface area contributed by atoms with Gasteiger partial charge in [0.2, 0.25) is 0 Å². The van der Waals surface area contributed by atoms with Gasteiger partial charge in [0, 0.05) is 23.5 Å². The molecule has 1 aliphatic heterocycles. The standard InChI is InChI=1S/C22H19N7OS/c1-12(16-7-4-8-23-16)21-26-20-19(31-21)15-10-25-29(22(30)18(15)28(20)2)11-13-5-3-6-17-14(13)9-24-27-17/h3-7,9-10,12H,8,11H2,1-2H3,(H,24,27). The lowest BCUT2D eigenvalue weighted by Crippen LogP contribution is -2.24. The highest BCUT2D eigenvalue weighted by atomic mass is 32.1. The van der Waals surface area contributed by atoms with Crippen LogP contribution in [-0.4, -0.2) is 41.8 Å². The third-order valence-corrected chi connectivity index (χ3v) is 7.18. The van der Waals surface area contributed by atoms with Gasteiger partial charge in [0.25, 0.3) is 5.56 Å². The maximum Gasteiger partial charge on any atom is 0.291 e. The number of benzene rings is 1. The van der Waals surface area contributed by atoms with Crippen molar-refractivity contribution in [2.45, 2.75) is 19.4 Å². The number of aromatic nitrogens is 6. The first-order chi connectivity index (χ1) is 15.1. The predicted molar refractivity (Wildman–Crippen MR) is 123 cm³/mol. The minimum atomic E-state index is -0.122. The number of hydrogen-bond acceptors (Lipinski definition) is 6. The van der Waals surface area contributed by atoms with Crippen molar-refractivity contribution in [3.05, 3.63) is 63.7 Å². The number of aryl methyl sites for hydroxylation is 1.